The molecule has 1 aliphatic carbocycles. The highest BCUT2D eigenvalue weighted by molar-refractivity contribution is 5.99. The van der Waals surface area contributed by atoms with E-state index in [1.54, 1.807) is 18.1 Å². The van der Waals surface area contributed by atoms with Crippen LogP contribution in [0, 0.1) is 5.92 Å². The van der Waals surface area contributed by atoms with Gasteiger partial charge in [-0.1, -0.05) is 31.0 Å². The number of amides is 2. The van der Waals surface area contributed by atoms with Crippen LogP contribution in [0.3, 0.4) is 0 Å². The number of aliphatic hydroxyl groups excluding tert-OH is 1. The maximum atomic E-state index is 12.4. The first-order valence-corrected chi connectivity index (χ1v) is 8.19. The summed E-state index contributed by atoms with van der Waals surface area (Å²) in [6, 6.07) is 9.42. The molecule has 0 bridgehead atoms. The Morgan fingerprint density at radius 2 is 2.09 bits per heavy atom. The molecule has 1 aromatic carbocycles. The summed E-state index contributed by atoms with van der Waals surface area (Å²) in [7, 11) is 1.77. The molecule has 1 saturated carbocycles. The fraction of sp³-hybridized carbons (Fsp3) is 0.444. The first-order valence-electron chi connectivity index (χ1n) is 8.19. The second-order valence-electron chi connectivity index (χ2n) is 6.30. The molecule has 23 heavy (non-hydrogen) atoms. The molecule has 1 fully saturated rings. The molecule has 2 atom stereocenters. The van der Waals surface area contributed by atoms with Crippen molar-refractivity contribution in [3.63, 3.8) is 0 Å². The number of carbonyl (C=O) groups excluding carboxylic acids is 1. The lowest BCUT2D eigenvalue weighted by Gasteiger charge is -2.31. The third-order valence-corrected chi connectivity index (χ3v) is 4.60. The van der Waals surface area contributed by atoms with Crippen molar-refractivity contribution < 1.29 is 9.90 Å². The Bertz CT molecular complexity index is 684. The molecule has 2 unspecified atom stereocenters. The van der Waals surface area contributed by atoms with Crippen LogP contribution in [0.15, 0.2) is 36.5 Å². The van der Waals surface area contributed by atoms with Crippen LogP contribution in [0.2, 0.25) is 0 Å². The fourth-order valence-electron chi connectivity index (χ4n) is 3.25. The normalized spacial score (nSPS) is 21.1. The molecule has 0 radical (unpaired) electrons. The largest absolute Gasteiger partial charge is 0.393 e. The highest BCUT2D eigenvalue weighted by atomic mass is 16.3. The number of anilines is 1. The van der Waals surface area contributed by atoms with Crippen LogP contribution in [0.25, 0.3) is 10.9 Å². The maximum absolute atomic E-state index is 12.4. The Labute approximate surface area is 136 Å². The van der Waals surface area contributed by atoms with Crippen molar-refractivity contribution in [2.45, 2.75) is 31.8 Å². The monoisotopic (exact) mass is 313 g/mol. The second-order valence-corrected chi connectivity index (χ2v) is 6.30. The molecule has 2 aromatic rings. The molecule has 1 aromatic heterocycles. The van der Waals surface area contributed by atoms with E-state index in [0.717, 1.165) is 36.6 Å². The zero-order chi connectivity index (χ0) is 16.2. The summed E-state index contributed by atoms with van der Waals surface area (Å²) < 4.78 is 0. The molecule has 1 heterocycles. The van der Waals surface area contributed by atoms with Gasteiger partial charge in [-0.05, 0) is 25.0 Å². The van der Waals surface area contributed by atoms with Crippen molar-refractivity contribution >= 4 is 22.6 Å². The highest BCUT2D eigenvalue weighted by Gasteiger charge is 2.25. The smallest absolute Gasteiger partial charge is 0.321 e. The van der Waals surface area contributed by atoms with Crippen molar-refractivity contribution in [2.24, 2.45) is 5.92 Å². The molecule has 5 nitrogen and oxygen atoms in total. The minimum Gasteiger partial charge on any atom is -0.393 e. The first kappa shape index (κ1) is 15.7. The molecule has 2 amide bonds. The Hall–Kier alpha value is -2.14. The number of carbonyl (C=O) groups is 1. The molecular formula is C18H23N3O2. The highest BCUT2D eigenvalue weighted by Crippen LogP contribution is 2.25. The summed E-state index contributed by atoms with van der Waals surface area (Å²) in [5.41, 5.74) is 1.50. The lowest BCUT2D eigenvalue weighted by Crippen LogP contribution is -2.40. The van der Waals surface area contributed by atoms with Gasteiger partial charge in [-0.15, -0.1) is 0 Å². The zero-order valence-corrected chi connectivity index (χ0v) is 13.4. The molecule has 0 spiro atoms. The van der Waals surface area contributed by atoms with E-state index in [1.165, 1.54) is 0 Å². The van der Waals surface area contributed by atoms with E-state index >= 15 is 0 Å². The minimum absolute atomic E-state index is 0.166. The molecule has 2 N–H and O–H groups in total. The molecular weight excluding hydrogens is 290 g/mol. The number of fused-ring (bicyclic) bond motifs is 1. The van der Waals surface area contributed by atoms with E-state index in [9.17, 15) is 9.90 Å². The molecule has 1 aliphatic rings. The van der Waals surface area contributed by atoms with E-state index in [-0.39, 0.29) is 18.1 Å². The summed E-state index contributed by atoms with van der Waals surface area (Å²) in [6.45, 7) is 0.575. The Kier molecular flexibility index (Phi) is 4.76. The summed E-state index contributed by atoms with van der Waals surface area (Å²) in [4.78, 5) is 18.4. The van der Waals surface area contributed by atoms with Crippen molar-refractivity contribution in [1.29, 1.82) is 0 Å². The molecule has 3 rings (SSSR count). The summed E-state index contributed by atoms with van der Waals surface area (Å²) >= 11 is 0. The minimum atomic E-state index is -0.293. The third-order valence-electron chi connectivity index (χ3n) is 4.60. The van der Waals surface area contributed by atoms with Crippen molar-refractivity contribution in [2.75, 3.05) is 18.9 Å². The number of hydrogen-bond donors (Lipinski definition) is 2. The SMILES string of the molecule is CN(CC1CCCCC1O)C(=O)Nc1cccc2cccnc12. The van der Waals surface area contributed by atoms with Crippen molar-refractivity contribution in [1.82, 2.24) is 9.88 Å². The number of benzene rings is 1. The van der Waals surface area contributed by atoms with Crippen LogP contribution < -0.4 is 5.32 Å². The lowest BCUT2D eigenvalue weighted by atomic mass is 9.86. The van der Waals surface area contributed by atoms with Gasteiger partial charge in [-0.25, -0.2) is 4.79 Å². The van der Waals surface area contributed by atoms with Crippen LogP contribution in [-0.2, 0) is 0 Å². The van der Waals surface area contributed by atoms with Crippen LogP contribution in [0.4, 0.5) is 10.5 Å². The van der Waals surface area contributed by atoms with Gasteiger partial charge in [0.1, 0.15) is 0 Å². The zero-order valence-electron chi connectivity index (χ0n) is 13.4. The van der Waals surface area contributed by atoms with Crippen molar-refractivity contribution in [3.05, 3.63) is 36.5 Å². The van der Waals surface area contributed by atoms with Crippen LogP contribution in [0.1, 0.15) is 25.7 Å². The summed E-state index contributed by atoms with van der Waals surface area (Å²) in [6.07, 6.45) is 5.46. The quantitative estimate of drug-likeness (QED) is 0.914. The Morgan fingerprint density at radius 3 is 2.91 bits per heavy atom. The van der Waals surface area contributed by atoms with E-state index in [1.807, 2.05) is 30.3 Å². The number of rotatable bonds is 3. The third kappa shape index (κ3) is 3.62. The second kappa shape index (κ2) is 6.96. The predicted octanol–water partition coefficient (Wildman–Crippen LogP) is 3.25. The van der Waals surface area contributed by atoms with Gasteiger partial charge in [0.05, 0.1) is 17.3 Å². The van der Waals surface area contributed by atoms with E-state index in [4.69, 9.17) is 0 Å². The number of aliphatic hydroxyl groups is 1. The first-order chi connectivity index (χ1) is 11.1. The van der Waals surface area contributed by atoms with Gasteiger partial charge in [0.2, 0.25) is 0 Å². The molecule has 0 aliphatic heterocycles. The van der Waals surface area contributed by atoms with E-state index < -0.39 is 0 Å². The molecule has 122 valence electrons. The maximum Gasteiger partial charge on any atom is 0.321 e. The van der Waals surface area contributed by atoms with Gasteiger partial charge in [0, 0.05) is 31.1 Å². The Morgan fingerprint density at radius 1 is 1.30 bits per heavy atom. The van der Waals surface area contributed by atoms with Gasteiger partial charge in [-0.2, -0.15) is 0 Å². The fourth-order valence-corrected chi connectivity index (χ4v) is 3.25. The number of aromatic nitrogens is 1. The van der Waals surface area contributed by atoms with Crippen LogP contribution in [-0.4, -0.2) is 40.7 Å². The van der Waals surface area contributed by atoms with Crippen LogP contribution >= 0.6 is 0 Å². The van der Waals surface area contributed by atoms with E-state index in [2.05, 4.69) is 10.3 Å². The van der Waals surface area contributed by atoms with Gasteiger partial charge in [0.15, 0.2) is 0 Å². The average Bonchev–Trinajstić information content (AvgIpc) is 2.57. The van der Waals surface area contributed by atoms with Gasteiger partial charge in [0.25, 0.3) is 0 Å². The summed E-state index contributed by atoms with van der Waals surface area (Å²) in [5.74, 6) is 0.171. The molecule has 5 heteroatoms. The molecule has 0 saturated heterocycles. The standard InChI is InChI=1S/C18H23N3O2/c1-21(12-14-6-2-3-10-16(14)22)18(23)20-15-9-4-7-13-8-5-11-19-17(13)15/h4-5,7-9,11,14,16,22H,2-3,6,10,12H2,1H3,(H,20,23). The lowest BCUT2D eigenvalue weighted by molar-refractivity contribution is 0.0575. The number of pyridine rings is 1. The average molecular weight is 313 g/mol. The summed E-state index contributed by atoms with van der Waals surface area (Å²) in [5, 5.41) is 14.0. The number of hydrogen-bond acceptors (Lipinski definition) is 3. The number of urea groups is 1. The number of nitrogens with zero attached hydrogens (tertiary/aromatic N) is 2. The topological polar surface area (TPSA) is 65.5 Å². The number of para-hydroxylation sites is 1. The van der Waals surface area contributed by atoms with Gasteiger partial charge in [-0.3, -0.25) is 4.98 Å². The van der Waals surface area contributed by atoms with Gasteiger partial charge >= 0.3 is 6.03 Å². The predicted molar refractivity (Wildman–Crippen MR) is 91.4 cm³/mol. The van der Waals surface area contributed by atoms with Crippen molar-refractivity contribution in [3.8, 4) is 0 Å². The van der Waals surface area contributed by atoms with Gasteiger partial charge < -0.3 is 15.3 Å². The number of nitrogens with one attached hydrogen (secondary N) is 1. The Balaban J connectivity index is 1.68. The van der Waals surface area contributed by atoms with Crippen LogP contribution in [0.5, 0.6) is 0 Å². The van der Waals surface area contributed by atoms with E-state index in [0.29, 0.717) is 12.2 Å².